The first-order valence-electron chi connectivity index (χ1n) is 11.4. The van der Waals surface area contributed by atoms with Crippen LogP contribution in [-0.2, 0) is 4.74 Å². The Morgan fingerprint density at radius 3 is 2.67 bits per heavy atom. The van der Waals surface area contributed by atoms with Gasteiger partial charge in [-0.2, -0.15) is 0 Å². The predicted molar refractivity (Wildman–Crippen MR) is 116 cm³/mol. The zero-order valence-electron chi connectivity index (χ0n) is 18.6. The van der Waals surface area contributed by atoms with Crippen LogP contribution >= 0.6 is 0 Å². The van der Waals surface area contributed by atoms with Crippen molar-refractivity contribution in [3.8, 4) is 0 Å². The molecule has 27 heavy (non-hydrogen) atoms. The average Bonchev–Trinajstić information content (AvgIpc) is 3.05. The Balaban J connectivity index is 1.49. The summed E-state index contributed by atoms with van der Waals surface area (Å²) in [7, 11) is 0. The van der Waals surface area contributed by atoms with Crippen LogP contribution < -0.4 is 5.32 Å². The molecule has 3 atom stereocenters. The molecule has 1 spiro atoms. The van der Waals surface area contributed by atoms with Crippen LogP contribution in [0.1, 0.15) is 86.0 Å². The van der Waals surface area contributed by atoms with Crippen molar-refractivity contribution in [2.45, 2.75) is 91.6 Å². The van der Waals surface area contributed by atoms with Gasteiger partial charge in [-0.25, -0.2) is 0 Å². The van der Waals surface area contributed by atoms with E-state index in [4.69, 9.17) is 4.74 Å². The molecule has 2 aliphatic carbocycles. The molecule has 0 aromatic carbocycles. The van der Waals surface area contributed by atoms with Crippen LogP contribution in [0, 0.1) is 22.7 Å². The maximum atomic E-state index is 6.26. The Morgan fingerprint density at radius 1 is 1.22 bits per heavy atom. The van der Waals surface area contributed by atoms with Crippen LogP contribution in [0.4, 0.5) is 0 Å². The molecule has 3 rings (SSSR count). The van der Waals surface area contributed by atoms with Crippen LogP contribution in [0.5, 0.6) is 0 Å². The smallest absolute Gasteiger partial charge is 0.0687 e. The molecule has 0 radical (unpaired) electrons. The SMILES string of the molecule is CC(C1CC=CC=C1CNCCC1(C)CCOC2(CCCC2)C1)C(C)(C)C. The molecule has 2 nitrogen and oxygen atoms in total. The molecule has 0 aromatic heterocycles. The lowest BCUT2D eigenvalue weighted by Crippen LogP contribution is -2.43. The molecule has 0 amide bonds. The van der Waals surface area contributed by atoms with Crippen LogP contribution in [0.2, 0.25) is 0 Å². The lowest BCUT2D eigenvalue weighted by Gasteiger charge is -2.45. The summed E-state index contributed by atoms with van der Waals surface area (Å²) >= 11 is 0. The number of nitrogens with one attached hydrogen (secondary N) is 1. The summed E-state index contributed by atoms with van der Waals surface area (Å²) in [6, 6.07) is 0. The Hall–Kier alpha value is -0.600. The summed E-state index contributed by atoms with van der Waals surface area (Å²) < 4.78 is 6.26. The van der Waals surface area contributed by atoms with Gasteiger partial charge in [-0.15, -0.1) is 0 Å². The monoisotopic (exact) mass is 373 g/mol. The first-order chi connectivity index (χ1) is 12.7. The molecule has 3 unspecified atom stereocenters. The molecule has 2 fully saturated rings. The minimum absolute atomic E-state index is 0.233. The second kappa shape index (κ2) is 8.41. The molecule has 0 aromatic rings. The molecule has 3 aliphatic rings. The number of ether oxygens (including phenoxy) is 1. The number of hydrogen-bond acceptors (Lipinski definition) is 2. The summed E-state index contributed by atoms with van der Waals surface area (Å²) in [6.07, 6.45) is 17.3. The van der Waals surface area contributed by atoms with Crippen molar-refractivity contribution in [2.75, 3.05) is 19.7 Å². The van der Waals surface area contributed by atoms with Crippen molar-refractivity contribution in [1.29, 1.82) is 0 Å². The molecule has 1 saturated carbocycles. The normalized spacial score (nSPS) is 31.9. The maximum absolute atomic E-state index is 6.26. The van der Waals surface area contributed by atoms with E-state index in [1.807, 2.05) is 0 Å². The van der Waals surface area contributed by atoms with Gasteiger partial charge >= 0.3 is 0 Å². The van der Waals surface area contributed by atoms with Gasteiger partial charge in [0.2, 0.25) is 0 Å². The fourth-order valence-electron chi connectivity index (χ4n) is 5.62. The molecule has 1 heterocycles. The molecular formula is C25H43NO. The topological polar surface area (TPSA) is 21.3 Å². The highest BCUT2D eigenvalue weighted by Gasteiger charge is 2.44. The van der Waals surface area contributed by atoms with E-state index in [0.29, 0.717) is 22.7 Å². The van der Waals surface area contributed by atoms with Crippen molar-refractivity contribution in [3.63, 3.8) is 0 Å². The van der Waals surface area contributed by atoms with Crippen LogP contribution in [0.15, 0.2) is 23.8 Å². The molecule has 1 saturated heterocycles. The quantitative estimate of drug-likeness (QED) is 0.553. The highest BCUT2D eigenvalue weighted by molar-refractivity contribution is 5.23. The van der Waals surface area contributed by atoms with Gasteiger partial charge in [0.25, 0.3) is 0 Å². The van der Waals surface area contributed by atoms with E-state index < -0.39 is 0 Å². The summed E-state index contributed by atoms with van der Waals surface area (Å²) in [5.41, 5.74) is 2.65. The van der Waals surface area contributed by atoms with Crippen LogP contribution in [-0.4, -0.2) is 25.3 Å². The lowest BCUT2D eigenvalue weighted by molar-refractivity contribution is -0.119. The minimum atomic E-state index is 0.233. The van der Waals surface area contributed by atoms with E-state index in [2.05, 4.69) is 58.2 Å². The molecule has 1 N–H and O–H groups in total. The van der Waals surface area contributed by atoms with Gasteiger partial charge in [0, 0.05) is 13.2 Å². The summed E-state index contributed by atoms with van der Waals surface area (Å²) in [5, 5.41) is 3.80. The van der Waals surface area contributed by atoms with Gasteiger partial charge in [-0.05, 0) is 67.7 Å². The maximum Gasteiger partial charge on any atom is 0.0687 e. The molecule has 154 valence electrons. The second-order valence-electron chi connectivity index (χ2n) is 11.1. The summed E-state index contributed by atoms with van der Waals surface area (Å²) in [6.45, 7) is 15.2. The largest absolute Gasteiger partial charge is 0.375 e. The van der Waals surface area contributed by atoms with Crippen molar-refractivity contribution >= 4 is 0 Å². The zero-order chi connectivity index (χ0) is 19.5. The second-order valence-corrected chi connectivity index (χ2v) is 11.1. The standard InChI is InChI=1S/C25H43NO/c1-20(23(2,3)4)22-11-7-6-10-21(22)18-26-16-14-24(5)15-17-27-25(19-24)12-8-9-13-25/h6-7,10,20,22,26H,8-9,11-19H2,1-5H3. The van der Waals surface area contributed by atoms with Crippen LogP contribution in [0.3, 0.4) is 0 Å². The van der Waals surface area contributed by atoms with Crippen molar-refractivity contribution in [3.05, 3.63) is 23.8 Å². The third-order valence-electron chi connectivity index (χ3n) is 7.89. The minimum Gasteiger partial charge on any atom is -0.375 e. The predicted octanol–water partition coefficient (Wildman–Crippen LogP) is 6.28. The highest BCUT2D eigenvalue weighted by Crippen LogP contribution is 2.48. The van der Waals surface area contributed by atoms with Crippen molar-refractivity contribution in [1.82, 2.24) is 5.32 Å². The molecule has 1 aliphatic heterocycles. The van der Waals surface area contributed by atoms with Crippen molar-refractivity contribution in [2.24, 2.45) is 22.7 Å². The van der Waals surface area contributed by atoms with E-state index >= 15 is 0 Å². The van der Waals surface area contributed by atoms with Gasteiger partial charge in [0.1, 0.15) is 0 Å². The Morgan fingerprint density at radius 2 is 1.96 bits per heavy atom. The van der Waals surface area contributed by atoms with E-state index in [1.165, 1.54) is 51.4 Å². The third-order valence-corrected chi connectivity index (χ3v) is 7.89. The number of rotatable bonds is 6. The van der Waals surface area contributed by atoms with E-state index in [1.54, 1.807) is 5.57 Å². The first-order valence-corrected chi connectivity index (χ1v) is 11.4. The van der Waals surface area contributed by atoms with Gasteiger partial charge in [-0.1, -0.05) is 71.3 Å². The summed E-state index contributed by atoms with van der Waals surface area (Å²) in [4.78, 5) is 0. The van der Waals surface area contributed by atoms with E-state index in [0.717, 1.165) is 19.7 Å². The molecule has 2 heteroatoms. The summed E-state index contributed by atoms with van der Waals surface area (Å²) in [5.74, 6) is 1.38. The van der Waals surface area contributed by atoms with Crippen molar-refractivity contribution < 1.29 is 4.74 Å². The zero-order valence-corrected chi connectivity index (χ0v) is 18.6. The van der Waals surface area contributed by atoms with Gasteiger partial charge in [0.05, 0.1) is 5.60 Å². The lowest BCUT2D eigenvalue weighted by atomic mass is 9.69. The molecule has 0 bridgehead atoms. The van der Waals surface area contributed by atoms with Gasteiger partial charge in [0.15, 0.2) is 0 Å². The van der Waals surface area contributed by atoms with E-state index in [9.17, 15) is 0 Å². The Labute approximate surface area is 168 Å². The highest BCUT2D eigenvalue weighted by atomic mass is 16.5. The Bertz CT molecular complexity index is 549. The van der Waals surface area contributed by atoms with Gasteiger partial charge in [-0.3, -0.25) is 0 Å². The number of hydrogen-bond donors (Lipinski definition) is 1. The number of allylic oxidation sites excluding steroid dienone is 3. The van der Waals surface area contributed by atoms with E-state index in [-0.39, 0.29) is 5.60 Å². The van der Waals surface area contributed by atoms with Crippen LogP contribution in [0.25, 0.3) is 0 Å². The van der Waals surface area contributed by atoms with Gasteiger partial charge < -0.3 is 10.1 Å². The fourth-order valence-corrected chi connectivity index (χ4v) is 5.62. The fraction of sp³-hybridized carbons (Fsp3) is 0.840. The average molecular weight is 374 g/mol. The molecular weight excluding hydrogens is 330 g/mol. The Kier molecular flexibility index (Phi) is 6.58. The first kappa shape index (κ1) is 21.1. The third kappa shape index (κ3) is 5.26.